The molecule has 0 aliphatic carbocycles. The summed E-state index contributed by atoms with van der Waals surface area (Å²) in [6, 6.07) is 57.4. The first-order valence-corrected chi connectivity index (χ1v) is 30.1. The molecule has 7 aromatic carbocycles. The first-order chi connectivity index (χ1) is 35.0. The standard InChI is InChI=1S/C22H17N3O.C19H19IN2O3.C15H11N3O.I2.HI/c1-2-6-15(7-3-1)14-26-17-10-11-20-18(13-17)22(25-24-20)21-12-16-8-4-5-9-19(16)23-21;1-19(2,3)25-18(23)22-16-10-9-14(11-15(16)17(20)21-22)24-12-13-7-5-4-6-8-13;19-10-5-6-13-11(8-10)15(18-17-13)14-7-9-3-1-2-4-12(9)16-14;1-2;/h1-13,23H,14H2,(H,24,25);4-11H,12H2,1-3H3;1-8,16,19H,(H,17,18);;1H. The number of para-hydroxylation sites is 2. The minimum absolute atomic E-state index is 0. The van der Waals surface area contributed by atoms with Crippen molar-refractivity contribution in [3.63, 3.8) is 0 Å². The monoisotopic (exact) mass is 1420 g/mol. The number of aromatic amines is 4. The minimum Gasteiger partial charge on any atom is -0.508 e. The third kappa shape index (κ3) is 13.0. The number of halogens is 4. The molecule has 0 aliphatic heterocycles. The average molecular weight is 1420 g/mol. The molecule has 0 spiro atoms. The number of aromatic nitrogens is 8. The topological polar surface area (TPSA) is 172 Å². The number of hydrogen-bond acceptors (Lipinski definition) is 8. The van der Waals surface area contributed by atoms with Crippen LogP contribution in [0.25, 0.3) is 77.3 Å². The maximum atomic E-state index is 12.3. The smallest absolute Gasteiger partial charge is 0.435 e. The number of nitrogens with zero attached hydrogens (tertiary/aromatic N) is 4. The summed E-state index contributed by atoms with van der Waals surface area (Å²) in [6.45, 7) is 6.53. The van der Waals surface area contributed by atoms with E-state index in [-0.39, 0.29) is 29.7 Å². The Labute approximate surface area is 474 Å². The zero-order valence-electron chi connectivity index (χ0n) is 39.6. The Hall–Kier alpha value is -6.18. The second-order valence-electron chi connectivity index (χ2n) is 17.5. The molecule has 73 heavy (non-hydrogen) atoms. The van der Waals surface area contributed by atoms with Crippen LogP contribution in [0.5, 0.6) is 17.2 Å². The lowest BCUT2D eigenvalue weighted by Crippen LogP contribution is -2.27. The lowest BCUT2D eigenvalue weighted by Gasteiger charge is -2.19. The van der Waals surface area contributed by atoms with Crippen molar-refractivity contribution in [1.82, 2.24) is 40.1 Å². The molecule has 0 saturated heterocycles. The van der Waals surface area contributed by atoms with E-state index in [2.05, 4.69) is 138 Å². The van der Waals surface area contributed by atoms with Gasteiger partial charge in [-0.15, -0.1) is 24.0 Å². The maximum Gasteiger partial charge on any atom is 0.435 e. The fourth-order valence-electron chi connectivity index (χ4n) is 7.97. The highest BCUT2D eigenvalue weighted by atomic mass is 128. The van der Waals surface area contributed by atoms with Gasteiger partial charge in [-0.1, -0.05) is 97.1 Å². The van der Waals surface area contributed by atoms with Crippen LogP contribution in [-0.2, 0) is 18.0 Å². The van der Waals surface area contributed by atoms with E-state index < -0.39 is 11.7 Å². The number of hydrogen-bond donors (Lipinski definition) is 5. The molecule has 0 radical (unpaired) electrons. The van der Waals surface area contributed by atoms with E-state index in [1.807, 2.05) is 142 Å². The minimum atomic E-state index is -0.570. The van der Waals surface area contributed by atoms with E-state index >= 15 is 0 Å². The van der Waals surface area contributed by atoms with Crippen LogP contribution >= 0.6 is 83.8 Å². The van der Waals surface area contributed by atoms with E-state index in [1.165, 1.54) is 10.1 Å². The van der Waals surface area contributed by atoms with Crippen molar-refractivity contribution >= 4 is 144 Å². The summed E-state index contributed by atoms with van der Waals surface area (Å²) in [5.74, 6) is 1.81. The van der Waals surface area contributed by atoms with Gasteiger partial charge in [0.2, 0.25) is 0 Å². The molecule has 0 unspecified atom stereocenters. The summed E-state index contributed by atoms with van der Waals surface area (Å²) in [5.41, 5.74) is 10.1. The quantitative estimate of drug-likeness (QED) is 0.0936. The average Bonchev–Trinajstić information content (AvgIpc) is 4.25. The van der Waals surface area contributed by atoms with Crippen LogP contribution in [0.3, 0.4) is 0 Å². The number of H-pyrrole nitrogens is 4. The second-order valence-corrected chi connectivity index (χ2v) is 18.6. The zero-order valence-corrected chi connectivity index (χ0v) is 48.4. The molecule has 12 aromatic rings. The van der Waals surface area contributed by atoms with Gasteiger partial charge in [-0.3, -0.25) is 10.2 Å². The van der Waals surface area contributed by atoms with Gasteiger partial charge < -0.3 is 29.3 Å². The van der Waals surface area contributed by atoms with Gasteiger partial charge in [0.1, 0.15) is 51.2 Å². The summed E-state index contributed by atoms with van der Waals surface area (Å²) in [5, 5.41) is 34.0. The number of phenolic OH excluding ortho intramolecular Hbond substituents is 1. The van der Waals surface area contributed by atoms with Crippen LogP contribution < -0.4 is 9.47 Å². The lowest BCUT2D eigenvalue weighted by molar-refractivity contribution is 0.0522. The molecule has 13 nitrogen and oxygen atoms in total. The van der Waals surface area contributed by atoms with Gasteiger partial charge in [-0.05, 0) is 133 Å². The van der Waals surface area contributed by atoms with Crippen LogP contribution in [-0.4, -0.2) is 56.9 Å². The Kier molecular flexibility index (Phi) is 17.6. The summed E-state index contributed by atoms with van der Waals surface area (Å²) in [6.07, 6.45) is -0.488. The first-order valence-electron chi connectivity index (χ1n) is 22.7. The van der Waals surface area contributed by atoms with Crippen LogP contribution in [0.1, 0.15) is 31.9 Å². The van der Waals surface area contributed by atoms with Gasteiger partial charge in [0.05, 0.1) is 27.9 Å². The predicted octanol–water partition coefficient (Wildman–Crippen LogP) is 16.1. The van der Waals surface area contributed by atoms with Gasteiger partial charge in [0.15, 0.2) is 0 Å². The van der Waals surface area contributed by atoms with Crippen molar-refractivity contribution in [2.45, 2.75) is 39.6 Å². The molecule has 5 N–H and O–H groups in total. The molecule has 0 aliphatic rings. The van der Waals surface area contributed by atoms with E-state index in [9.17, 15) is 9.90 Å². The fraction of sp³-hybridized carbons (Fsp3) is 0.107. The Morgan fingerprint density at radius 2 is 1.04 bits per heavy atom. The van der Waals surface area contributed by atoms with Crippen molar-refractivity contribution in [2.24, 2.45) is 0 Å². The molecule has 0 atom stereocenters. The third-order valence-corrected chi connectivity index (χ3v) is 12.1. The Morgan fingerprint density at radius 1 is 0.575 bits per heavy atom. The number of rotatable bonds is 8. The van der Waals surface area contributed by atoms with Crippen molar-refractivity contribution < 1.29 is 24.1 Å². The van der Waals surface area contributed by atoms with Crippen molar-refractivity contribution in [2.75, 3.05) is 0 Å². The highest BCUT2D eigenvalue weighted by Crippen LogP contribution is 2.33. The number of aromatic hydroxyl groups is 1. The number of fused-ring (bicyclic) bond motifs is 5. The SMILES string of the molecule is CC(C)(C)OC(=O)n1nc(I)c2cc(OCc3ccccc3)ccc21.I.II.Oc1ccc2[nH]nc(-c3cc4ccccc4[nH]3)c2c1.c1ccc(COc2ccc3[nH]nc(-c4cc5ccccc5[nH]4)c3c2)cc1. The van der Waals surface area contributed by atoms with E-state index in [0.717, 1.165) is 92.7 Å². The summed E-state index contributed by atoms with van der Waals surface area (Å²) in [4.78, 5) is 19.1. The fourth-order valence-corrected chi connectivity index (χ4v) is 8.62. The maximum absolute atomic E-state index is 12.3. The van der Waals surface area contributed by atoms with Crippen LogP contribution in [0.4, 0.5) is 4.79 Å². The molecule has 370 valence electrons. The van der Waals surface area contributed by atoms with E-state index in [1.54, 1.807) is 12.1 Å². The highest BCUT2D eigenvalue weighted by Gasteiger charge is 2.22. The molecular weight excluding hydrogens is 1370 g/mol. The number of nitrogens with one attached hydrogen (secondary N) is 4. The third-order valence-electron chi connectivity index (χ3n) is 11.3. The predicted molar refractivity (Wildman–Crippen MR) is 328 cm³/mol. The molecule has 12 rings (SSSR count). The largest absolute Gasteiger partial charge is 0.508 e. The number of phenols is 1. The Bertz CT molecular complexity index is 3700. The molecule has 0 amide bonds. The first kappa shape index (κ1) is 53.1. The lowest BCUT2D eigenvalue weighted by atomic mass is 10.1. The number of benzene rings is 7. The Balaban J connectivity index is 0.000000144. The summed E-state index contributed by atoms with van der Waals surface area (Å²) in [7, 11) is 0. The molecular formula is C56H48I4N8O5. The van der Waals surface area contributed by atoms with Gasteiger partial charge in [0.25, 0.3) is 0 Å². The number of carbonyl (C=O) groups excluding carboxylic acids is 1. The number of carbonyl (C=O) groups is 1. The van der Waals surface area contributed by atoms with Gasteiger partial charge in [-0.25, -0.2) is 4.79 Å². The molecule has 0 fully saturated rings. The van der Waals surface area contributed by atoms with Gasteiger partial charge >= 0.3 is 6.09 Å². The van der Waals surface area contributed by atoms with Crippen molar-refractivity contribution in [3.8, 4) is 40.0 Å². The van der Waals surface area contributed by atoms with Crippen LogP contribution in [0, 0.1) is 3.70 Å². The van der Waals surface area contributed by atoms with Crippen molar-refractivity contribution in [3.05, 3.63) is 191 Å². The molecule has 17 heteroatoms. The number of ether oxygens (including phenoxy) is 3. The summed E-state index contributed by atoms with van der Waals surface area (Å²) >= 11 is 6.35. The van der Waals surface area contributed by atoms with Gasteiger partial charge in [0, 0.05) is 75.2 Å². The van der Waals surface area contributed by atoms with Crippen molar-refractivity contribution in [1.29, 1.82) is 0 Å². The van der Waals surface area contributed by atoms with E-state index in [0.29, 0.717) is 18.7 Å². The zero-order chi connectivity index (χ0) is 50.2. The van der Waals surface area contributed by atoms with Crippen LogP contribution in [0.2, 0.25) is 0 Å². The molecule has 0 bridgehead atoms. The van der Waals surface area contributed by atoms with E-state index in [4.69, 9.17) is 14.2 Å². The summed E-state index contributed by atoms with van der Waals surface area (Å²) < 4.78 is 19.2. The van der Waals surface area contributed by atoms with Crippen LogP contribution in [0.15, 0.2) is 176 Å². The van der Waals surface area contributed by atoms with Gasteiger partial charge in [-0.2, -0.15) is 20.0 Å². The normalized spacial score (nSPS) is 11.0. The Morgan fingerprint density at radius 3 is 1.56 bits per heavy atom. The molecule has 5 heterocycles. The molecule has 0 saturated carbocycles. The second kappa shape index (κ2) is 24.2. The molecule has 5 aromatic heterocycles. The highest BCUT2D eigenvalue weighted by molar-refractivity contribution is 15.0.